The normalized spacial score (nSPS) is 9.80. The average molecular weight is 209 g/mol. The number of esters is 1. The average Bonchev–Trinajstić information content (AvgIpc) is 2.26. The summed E-state index contributed by atoms with van der Waals surface area (Å²) in [5.41, 5.74) is 7.07. The van der Waals surface area contributed by atoms with Gasteiger partial charge >= 0.3 is 5.97 Å². The molecule has 0 fully saturated rings. The van der Waals surface area contributed by atoms with E-state index in [4.69, 9.17) is 15.2 Å². The Kier molecular flexibility index (Phi) is 4.12. The Labute approximate surface area is 89.0 Å². The van der Waals surface area contributed by atoms with E-state index < -0.39 is 5.97 Å². The number of aryl methyl sites for hydroxylation is 1. The fourth-order valence-corrected chi connectivity index (χ4v) is 1.24. The zero-order valence-electron chi connectivity index (χ0n) is 8.95. The number of hydrogen-bond donors (Lipinski definition) is 1. The van der Waals surface area contributed by atoms with Crippen molar-refractivity contribution >= 4 is 5.97 Å². The van der Waals surface area contributed by atoms with Crippen molar-refractivity contribution in [2.75, 3.05) is 13.7 Å². The molecule has 82 valence electrons. The van der Waals surface area contributed by atoms with Crippen LogP contribution in [0.3, 0.4) is 0 Å². The van der Waals surface area contributed by atoms with Crippen LogP contribution in [-0.4, -0.2) is 19.6 Å². The summed E-state index contributed by atoms with van der Waals surface area (Å²) in [6, 6.07) is 5.71. The molecule has 0 aliphatic heterocycles. The summed E-state index contributed by atoms with van der Waals surface area (Å²) in [7, 11) is 1.58. The monoisotopic (exact) mass is 209 g/mol. The Morgan fingerprint density at radius 1 is 1.47 bits per heavy atom. The lowest BCUT2D eigenvalue weighted by atomic mass is 10.1. The van der Waals surface area contributed by atoms with Gasteiger partial charge in [-0.25, -0.2) is 0 Å². The highest BCUT2D eigenvalue weighted by Crippen LogP contribution is 2.20. The van der Waals surface area contributed by atoms with Crippen molar-refractivity contribution < 1.29 is 14.3 Å². The molecular formula is C11H15NO3. The quantitative estimate of drug-likeness (QED) is 0.752. The molecule has 0 heterocycles. The van der Waals surface area contributed by atoms with E-state index in [0.717, 1.165) is 11.1 Å². The van der Waals surface area contributed by atoms with Gasteiger partial charge in [-0.1, -0.05) is 11.6 Å². The van der Waals surface area contributed by atoms with Gasteiger partial charge in [0.15, 0.2) is 0 Å². The van der Waals surface area contributed by atoms with Crippen LogP contribution in [0, 0.1) is 6.92 Å². The van der Waals surface area contributed by atoms with Crippen LogP contribution in [-0.2, 0) is 16.1 Å². The fourth-order valence-electron chi connectivity index (χ4n) is 1.24. The van der Waals surface area contributed by atoms with Gasteiger partial charge in [0.1, 0.15) is 12.4 Å². The van der Waals surface area contributed by atoms with Crippen LogP contribution in [0.1, 0.15) is 11.1 Å². The van der Waals surface area contributed by atoms with Gasteiger partial charge in [0.2, 0.25) is 0 Å². The Bertz CT molecular complexity index is 350. The number of carbonyl (C=O) groups is 1. The van der Waals surface area contributed by atoms with Crippen molar-refractivity contribution in [3.05, 3.63) is 29.3 Å². The van der Waals surface area contributed by atoms with Crippen LogP contribution in [0.5, 0.6) is 5.75 Å². The SMILES string of the molecule is COc1ccc(C)cc1COC(=O)CN. The van der Waals surface area contributed by atoms with Crippen molar-refractivity contribution in [2.24, 2.45) is 5.73 Å². The summed E-state index contributed by atoms with van der Waals surface area (Å²) in [6.45, 7) is 2.06. The molecular weight excluding hydrogens is 194 g/mol. The third kappa shape index (κ3) is 3.25. The van der Waals surface area contributed by atoms with E-state index in [2.05, 4.69) is 0 Å². The first-order valence-electron chi connectivity index (χ1n) is 4.66. The molecule has 0 amide bonds. The predicted molar refractivity (Wildman–Crippen MR) is 56.6 cm³/mol. The van der Waals surface area contributed by atoms with Crippen LogP contribution in [0.25, 0.3) is 0 Å². The molecule has 0 aliphatic carbocycles. The van der Waals surface area contributed by atoms with Gasteiger partial charge in [-0.2, -0.15) is 0 Å². The number of carbonyl (C=O) groups excluding carboxylic acids is 1. The largest absolute Gasteiger partial charge is 0.496 e. The van der Waals surface area contributed by atoms with Crippen LogP contribution in [0.4, 0.5) is 0 Å². The van der Waals surface area contributed by atoms with E-state index in [-0.39, 0.29) is 13.2 Å². The number of benzene rings is 1. The molecule has 0 aromatic heterocycles. The molecule has 0 radical (unpaired) electrons. The summed E-state index contributed by atoms with van der Waals surface area (Å²) < 4.78 is 10.1. The minimum atomic E-state index is -0.418. The zero-order chi connectivity index (χ0) is 11.3. The highest BCUT2D eigenvalue weighted by atomic mass is 16.5. The maximum Gasteiger partial charge on any atom is 0.320 e. The molecule has 1 aromatic carbocycles. The number of rotatable bonds is 4. The third-order valence-corrected chi connectivity index (χ3v) is 1.99. The predicted octanol–water partition coefficient (Wildman–Crippen LogP) is 1.01. The molecule has 15 heavy (non-hydrogen) atoms. The van der Waals surface area contributed by atoms with E-state index in [1.165, 1.54) is 0 Å². The fraction of sp³-hybridized carbons (Fsp3) is 0.364. The molecule has 0 bridgehead atoms. The van der Waals surface area contributed by atoms with Crippen molar-refractivity contribution in [3.63, 3.8) is 0 Å². The number of methoxy groups -OCH3 is 1. The van der Waals surface area contributed by atoms with E-state index in [1.807, 2.05) is 25.1 Å². The third-order valence-electron chi connectivity index (χ3n) is 1.99. The number of ether oxygens (including phenoxy) is 2. The number of nitrogens with two attached hydrogens (primary N) is 1. The number of hydrogen-bond acceptors (Lipinski definition) is 4. The Morgan fingerprint density at radius 2 is 2.20 bits per heavy atom. The maximum absolute atomic E-state index is 10.9. The summed E-state index contributed by atoms with van der Waals surface area (Å²) in [5.74, 6) is 0.295. The summed E-state index contributed by atoms with van der Waals surface area (Å²) in [5, 5.41) is 0. The lowest BCUT2D eigenvalue weighted by molar-refractivity contribution is -0.143. The Balaban J connectivity index is 2.74. The molecule has 0 atom stereocenters. The molecule has 4 heteroatoms. The van der Waals surface area contributed by atoms with Crippen LogP contribution >= 0.6 is 0 Å². The minimum Gasteiger partial charge on any atom is -0.496 e. The molecule has 0 spiro atoms. The van der Waals surface area contributed by atoms with Crippen molar-refractivity contribution in [1.82, 2.24) is 0 Å². The first kappa shape index (κ1) is 11.5. The van der Waals surface area contributed by atoms with Crippen molar-refractivity contribution in [1.29, 1.82) is 0 Å². The second kappa shape index (κ2) is 5.36. The molecule has 1 aromatic rings. The first-order valence-corrected chi connectivity index (χ1v) is 4.66. The highest BCUT2D eigenvalue weighted by Gasteiger charge is 2.05. The van der Waals surface area contributed by atoms with Crippen molar-refractivity contribution in [2.45, 2.75) is 13.5 Å². The minimum absolute atomic E-state index is 0.103. The van der Waals surface area contributed by atoms with Gasteiger partial charge in [0, 0.05) is 5.56 Å². The van der Waals surface area contributed by atoms with E-state index >= 15 is 0 Å². The molecule has 4 nitrogen and oxygen atoms in total. The van der Waals surface area contributed by atoms with Gasteiger partial charge in [0.05, 0.1) is 13.7 Å². The standard InChI is InChI=1S/C11H15NO3/c1-8-3-4-10(14-2)9(5-8)7-15-11(13)6-12/h3-5H,6-7,12H2,1-2H3. The molecule has 0 aliphatic rings. The van der Waals surface area contributed by atoms with Gasteiger partial charge in [-0.15, -0.1) is 0 Å². The smallest absolute Gasteiger partial charge is 0.320 e. The summed E-state index contributed by atoms with van der Waals surface area (Å²) >= 11 is 0. The lowest BCUT2D eigenvalue weighted by Gasteiger charge is -2.09. The lowest BCUT2D eigenvalue weighted by Crippen LogP contribution is -2.16. The zero-order valence-corrected chi connectivity index (χ0v) is 8.95. The van der Waals surface area contributed by atoms with Gasteiger partial charge in [-0.3, -0.25) is 4.79 Å². The van der Waals surface area contributed by atoms with Gasteiger partial charge < -0.3 is 15.2 Å². The van der Waals surface area contributed by atoms with Gasteiger partial charge in [0.25, 0.3) is 0 Å². The summed E-state index contributed by atoms with van der Waals surface area (Å²) in [6.07, 6.45) is 0. The first-order chi connectivity index (χ1) is 7.17. The topological polar surface area (TPSA) is 61.5 Å². The van der Waals surface area contributed by atoms with Crippen molar-refractivity contribution in [3.8, 4) is 5.75 Å². The van der Waals surface area contributed by atoms with E-state index in [1.54, 1.807) is 7.11 Å². The Morgan fingerprint density at radius 3 is 2.80 bits per heavy atom. The van der Waals surface area contributed by atoms with Crippen LogP contribution < -0.4 is 10.5 Å². The second-order valence-corrected chi connectivity index (χ2v) is 3.18. The maximum atomic E-state index is 10.9. The van der Waals surface area contributed by atoms with Gasteiger partial charge in [-0.05, 0) is 19.1 Å². The molecule has 0 saturated carbocycles. The summed E-state index contributed by atoms with van der Waals surface area (Å²) in [4.78, 5) is 10.9. The van der Waals surface area contributed by atoms with Crippen LogP contribution in [0.2, 0.25) is 0 Å². The van der Waals surface area contributed by atoms with Crippen LogP contribution in [0.15, 0.2) is 18.2 Å². The molecule has 1 rings (SSSR count). The molecule has 0 saturated heterocycles. The highest BCUT2D eigenvalue weighted by molar-refractivity contribution is 5.71. The Hall–Kier alpha value is -1.55. The molecule has 2 N–H and O–H groups in total. The van der Waals surface area contributed by atoms with E-state index in [0.29, 0.717) is 5.75 Å². The molecule has 0 unspecified atom stereocenters. The second-order valence-electron chi connectivity index (χ2n) is 3.18. The van der Waals surface area contributed by atoms with E-state index in [9.17, 15) is 4.79 Å².